The summed E-state index contributed by atoms with van der Waals surface area (Å²) in [5.74, 6) is -0.246. The summed E-state index contributed by atoms with van der Waals surface area (Å²) in [5.41, 5.74) is 0. The van der Waals surface area contributed by atoms with Crippen LogP contribution in [0.15, 0.2) is 0 Å². The SMILES string of the molecule is O=C(Cl)CCCC(=O)O[SiH3]. The molecule has 0 aliphatic carbocycles. The third-order valence-corrected chi connectivity index (χ3v) is 1.63. The van der Waals surface area contributed by atoms with Crippen LogP contribution in [0.2, 0.25) is 0 Å². The van der Waals surface area contributed by atoms with Crippen LogP contribution in [0.25, 0.3) is 0 Å². The van der Waals surface area contributed by atoms with Crippen LogP contribution in [-0.2, 0) is 14.0 Å². The molecule has 0 fully saturated rings. The zero-order valence-electron chi connectivity index (χ0n) is 5.72. The second-order valence-electron chi connectivity index (χ2n) is 1.78. The summed E-state index contributed by atoms with van der Waals surface area (Å²) in [6, 6.07) is 0. The van der Waals surface area contributed by atoms with Crippen molar-refractivity contribution in [3.05, 3.63) is 0 Å². The number of rotatable bonds is 4. The van der Waals surface area contributed by atoms with Crippen LogP contribution in [0, 0.1) is 0 Å². The summed E-state index contributed by atoms with van der Waals surface area (Å²) in [6.45, 7) is 0. The van der Waals surface area contributed by atoms with Gasteiger partial charge in [-0.1, -0.05) is 0 Å². The predicted octanol–water partition coefficient (Wildman–Crippen LogP) is -0.254. The Labute approximate surface area is 67.2 Å². The van der Waals surface area contributed by atoms with Gasteiger partial charge in [-0.25, -0.2) is 0 Å². The molecule has 0 aliphatic rings. The van der Waals surface area contributed by atoms with Crippen molar-refractivity contribution < 1.29 is 14.0 Å². The monoisotopic (exact) mass is 180 g/mol. The van der Waals surface area contributed by atoms with Gasteiger partial charge in [0, 0.05) is 12.8 Å². The van der Waals surface area contributed by atoms with Crippen LogP contribution in [0.5, 0.6) is 0 Å². The van der Waals surface area contributed by atoms with Gasteiger partial charge in [0.1, 0.15) is 0 Å². The smallest absolute Gasteiger partial charge is 0.291 e. The second-order valence-corrected chi connectivity index (χ2v) is 2.61. The van der Waals surface area contributed by atoms with Crippen molar-refractivity contribution in [1.29, 1.82) is 0 Å². The van der Waals surface area contributed by atoms with Gasteiger partial charge in [0.2, 0.25) is 15.7 Å². The van der Waals surface area contributed by atoms with Gasteiger partial charge in [-0.3, -0.25) is 9.59 Å². The van der Waals surface area contributed by atoms with E-state index in [1.54, 1.807) is 0 Å². The molecule has 0 N–H and O–H groups in total. The first-order chi connectivity index (χ1) is 4.66. The van der Waals surface area contributed by atoms with Crippen molar-refractivity contribution in [2.24, 2.45) is 0 Å². The standard InChI is InChI=1S/C5H9ClO3Si/c6-4(7)2-1-3-5(8)9-10/h1-3H2,10H3. The van der Waals surface area contributed by atoms with E-state index in [2.05, 4.69) is 4.43 Å². The van der Waals surface area contributed by atoms with E-state index in [0.717, 1.165) is 0 Å². The Balaban J connectivity index is 3.20. The molecule has 0 bridgehead atoms. The molecule has 0 unspecified atom stereocenters. The predicted molar refractivity (Wildman–Crippen MR) is 40.7 cm³/mol. The van der Waals surface area contributed by atoms with E-state index in [0.29, 0.717) is 23.3 Å². The fourth-order valence-corrected chi connectivity index (χ4v) is 0.812. The molecule has 0 aromatic heterocycles. The Bertz CT molecular complexity index is 137. The van der Waals surface area contributed by atoms with Crippen LogP contribution in [0.1, 0.15) is 19.3 Å². The average molecular weight is 181 g/mol. The van der Waals surface area contributed by atoms with Crippen molar-refractivity contribution in [1.82, 2.24) is 0 Å². The molecule has 0 aliphatic heterocycles. The molecule has 0 saturated heterocycles. The van der Waals surface area contributed by atoms with E-state index < -0.39 is 5.24 Å². The second kappa shape index (κ2) is 5.43. The molecule has 0 radical (unpaired) electrons. The maximum atomic E-state index is 10.5. The fourth-order valence-electron chi connectivity index (χ4n) is 0.474. The van der Waals surface area contributed by atoms with Gasteiger partial charge in [0.05, 0.1) is 0 Å². The number of halogens is 1. The minimum absolute atomic E-state index is 0.246. The Morgan fingerprint density at radius 1 is 1.40 bits per heavy atom. The lowest BCUT2D eigenvalue weighted by atomic mass is 10.2. The van der Waals surface area contributed by atoms with E-state index in [4.69, 9.17) is 11.6 Å². The van der Waals surface area contributed by atoms with Crippen LogP contribution in [0.4, 0.5) is 0 Å². The average Bonchev–Trinajstić information content (AvgIpc) is 1.87. The lowest BCUT2D eigenvalue weighted by molar-refractivity contribution is -0.134. The molecule has 0 spiro atoms. The molecule has 10 heavy (non-hydrogen) atoms. The normalized spacial score (nSPS) is 9.30. The maximum Gasteiger partial charge on any atom is 0.291 e. The first-order valence-corrected chi connectivity index (χ1v) is 4.11. The number of hydrogen-bond acceptors (Lipinski definition) is 3. The molecule has 3 nitrogen and oxygen atoms in total. The molecule has 0 atom stereocenters. The Hall–Kier alpha value is -0.353. The molecule has 58 valence electrons. The van der Waals surface area contributed by atoms with E-state index in [-0.39, 0.29) is 12.4 Å². The number of carbonyl (C=O) groups excluding carboxylic acids is 2. The highest BCUT2D eigenvalue weighted by Crippen LogP contribution is 1.99. The highest BCUT2D eigenvalue weighted by molar-refractivity contribution is 6.63. The zero-order valence-corrected chi connectivity index (χ0v) is 8.48. The van der Waals surface area contributed by atoms with Gasteiger partial charge in [-0.15, -0.1) is 0 Å². The first kappa shape index (κ1) is 9.65. The first-order valence-electron chi connectivity index (χ1n) is 2.92. The summed E-state index contributed by atoms with van der Waals surface area (Å²) in [7, 11) is 0.418. The van der Waals surface area contributed by atoms with Gasteiger partial charge < -0.3 is 4.43 Å². The van der Waals surface area contributed by atoms with Crippen LogP contribution >= 0.6 is 11.6 Å². The van der Waals surface area contributed by atoms with Crippen LogP contribution in [-0.4, -0.2) is 21.7 Å². The third-order valence-electron chi connectivity index (χ3n) is 0.982. The number of hydrogen-bond donors (Lipinski definition) is 0. The highest BCUT2D eigenvalue weighted by Gasteiger charge is 2.00. The highest BCUT2D eigenvalue weighted by atomic mass is 35.5. The lowest BCUT2D eigenvalue weighted by Gasteiger charge is -1.95. The topological polar surface area (TPSA) is 43.4 Å². The fraction of sp³-hybridized carbons (Fsp3) is 0.600. The molecular weight excluding hydrogens is 172 g/mol. The van der Waals surface area contributed by atoms with Gasteiger partial charge in [0.25, 0.3) is 5.97 Å². The third kappa shape index (κ3) is 5.78. The Morgan fingerprint density at radius 3 is 2.40 bits per heavy atom. The summed E-state index contributed by atoms with van der Waals surface area (Å²) in [6.07, 6.45) is 1.03. The molecule has 0 amide bonds. The van der Waals surface area contributed by atoms with E-state index >= 15 is 0 Å². The Morgan fingerprint density at radius 2 is 2.00 bits per heavy atom. The lowest BCUT2D eigenvalue weighted by Crippen LogP contribution is -2.01. The summed E-state index contributed by atoms with van der Waals surface area (Å²) in [4.78, 5) is 20.6. The number of carbonyl (C=O) groups is 2. The van der Waals surface area contributed by atoms with Crippen LogP contribution < -0.4 is 0 Å². The van der Waals surface area contributed by atoms with E-state index in [1.807, 2.05) is 0 Å². The molecular formula is C5H9ClO3Si. The summed E-state index contributed by atoms with van der Waals surface area (Å²) < 4.78 is 4.48. The van der Waals surface area contributed by atoms with E-state index in [9.17, 15) is 9.59 Å². The molecule has 0 aromatic rings. The van der Waals surface area contributed by atoms with Crippen molar-refractivity contribution >= 4 is 33.3 Å². The van der Waals surface area contributed by atoms with Crippen LogP contribution in [0.3, 0.4) is 0 Å². The minimum Gasteiger partial charge on any atom is -0.529 e. The van der Waals surface area contributed by atoms with Crippen molar-refractivity contribution in [2.75, 3.05) is 0 Å². The van der Waals surface area contributed by atoms with Crippen molar-refractivity contribution in [2.45, 2.75) is 19.3 Å². The molecule has 0 aromatic carbocycles. The van der Waals surface area contributed by atoms with Crippen molar-refractivity contribution in [3.8, 4) is 0 Å². The molecule has 5 heteroatoms. The van der Waals surface area contributed by atoms with Gasteiger partial charge in [0.15, 0.2) is 0 Å². The molecule has 0 rings (SSSR count). The quantitative estimate of drug-likeness (QED) is 0.443. The van der Waals surface area contributed by atoms with E-state index in [1.165, 1.54) is 0 Å². The molecule has 0 heterocycles. The van der Waals surface area contributed by atoms with Gasteiger partial charge >= 0.3 is 0 Å². The summed E-state index contributed by atoms with van der Waals surface area (Å²) >= 11 is 5.02. The van der Waals surface area contributed by atoms with Gasteiger partial charge in [-0.05, 0) is 18.0 Å². The van der Waals surface area contributed by atoms with Crippen molar-refractivity contribution in [3.63, 3.8) is 0 Å². The molecule has 0 saturated carbocycles. The largest absolute Gasteiger partial charge is 0.529 e. The maximum absolute atomic E-state index is 10.5. The Kier molecular flexibility index (Phi) is 5.24. The van der Waals surface area contributed by atoms with Gasteiger partial charge in [-0.2, -0.15) is 0 Å². The summed E-state index contributed by atoms with van der Waals surface area (Å²) in [5, 5.41) is -0.402. The zero-order chi connectivity index (χ0) is 7.98. The minimum atomic E-state index is -0.402.